The Bertz CT molecular complexity index is 448. The number of nitrogens with zero attached hydrogens (tertiary/aromatic N) is 1. The highest BCUT2D eigenvalue weighted by molar-refractivity contribution is 8.01. The molecular weight excluding hydrogens is 280 g/mol. The Balaban J connectivity index is 2.02. The molecule has 2 rings (SSSR count). The van der Waals surface area contributed by atoms with Gasteiger partial charge in [-0.3, -0.25) is 9.59 Å². The van der Waals surface area contributed by atoms with Gasteiger partial charge in [-0.1, -0.05) is 0 Å². The quantitative estimate of drug-likeness (QED) is 0.907. The van der Waals surface area contributed by atoms with Gasteiger partial charge in [-0.2, -0.15) is 11.3 Å². The van der Waals surface area contributed by atoms with Crippen LogP contribution in [0, 0.1) is 0 Å². The Morgan fingerprint density at radius 1 is 1.53 bits per heavy atom. The summed E-state index contributed by atoms with van der Waals surface area (Å²) in [5.74, 6) is 0.134. The molecule has 0 aliphatic carbocycles. The molecule has 0 saturated carbocycles. The largest absolute Gasteiger partial charge is 0.356 e. The van der Waals surface area contributed by atoms with Crippen molar-refractivity contribution < 1.29 is 9.59 Å². The van der Waals surface area contributed by atoms with Crippen molar-refractivity contribution >= 4 is 34.9 Å². The molecule has 1 aromatic rings. The number of carbonyl (C=O) groups excluding carboxylic acids is 2. The molecule has 1 N–H and O–H groups in total. The lowest BCUT2D eigenvalue weighted by molar-refractivity contribution is -0.130. The van der Waals surface area contributed by atoms with Crippen LogP contribution in [0.4, 0.5) is 0 Å². The van der Waals surface area contributed by atoms with Gasteiger partial charge in [0.2, 0.25) is 11.8 Å². The molecular formula is C13H18N2O2S2. The Morgan fingerprint density at radius 3 is 2.95 bits per heavy atom. The number of rotatable bonds is 5. The summed E-state index contributed by atoms with van der Waals surface area (Å²) in [5.41, 5.74) is 1.16. The van der Waals surface area contributed by atoms with E-state index in [4.69, 9.17) is 0 Å². The van der Waals surface area contributed by atoms with Crippen LogP contribution in [0.5, 0.6) is 0 Å². The Morgan fingerprint density at radius 2 is 2.32 bits per heavy atom. The third-order valence-corrected chi connectivity index (χ3v) is 5.12. The van der Waals surface area contributed by atoms with Gasteiger partial charge >= 0.3 is 0 Å². The van der Waals surface area contributed by atoms with E-state index in [1.165, 1.54) is 0 Å². The maximum Gasteiger partial charge on any atom is 0.236 e. The van der Waals surface area contributed by atoms with E-state index in [1.807, 2.05) is 30.2 Å². The highest BCUT2D eigenvalue weighted by Crippen LogP contribution is 2.43. The molecule has 1 aromatic heterocycles. The first-order valence-electron chi connectivity index (χ1n) is 6.38. The molecule has 19 heavy (non-hydrogen) atoms. The summed E-state index contributed by atoms with van der Waals surface area (Å²) in [7, 11) is 0. The third-order valence-electron chi connectivity index (χ3n) is 3.03. The van der Waals surface area contributed by atoms with Gasteiger partial charge < -0.3 is 10.2 Å². The van der Waals surface area contributed by atoms with Crippen molar-refractivity contribution in [2.45, 2.75) is 30.9 Å². The summed E-state index contributed by atoms with van der Waals surface area (Å²) in [5, 5.41) is 6.88. The first kappa shape index (κ1) is 14.4. The molecule has 0 unspecified atom stereocenters. The van der Waals surface area contributed by atoms with Crippen molar-refractivity contribution in [3.05, 3.63) is 22.4 Å². The first-order valence-corrected chi connectivity index (χ1v) is 8.26. The summed E-state index contributed by atoms with van der Waals surface area (Å²) in [6.45, 7) is 4.94. The monoisotopic (exact) mass is 298 g/mol. The molecule has 1 aliphatic rings. The van der Waals surface area contributed by atoms with Crippen LogP contribution in [0.1, 0.15) is 31.2 Å². The molecule has 6 heteroatoms. The van der Waals surface area contributed by atoms with E-state index in [9.17, 15) is 9.59 Å². The normalized spacial score (nSPS) is 22.8. The topological polar surface area (TPSA) is 49.4 Å². The summed E-state index contributed by atoms with van der Waals surface area (Å²) in [4.78, 5) is 25.5. The second-order valence-electron chi connectivity index (χ2n) is 4.42. The van der Waals surface area contributed by atoms with Crippen LogP contribution in [0.3, 0.4) is 0 Å². The minimum absolute atomic E-state index is 0.00363. The van der Waals surface area contributed by atoms with E-state index in [-0.39, 0.29) is 22.4 Å². The van der Waals surface area contributed by atoms with Crippen LogP contribution >= 0.6 is 23.1 Å². The molecule has 2 amide bonds. The maximum atomic E-state index is 12.2. The molecule has 2 atom stereocenters. The van der Waals surface area contributed by atoms with Gasteiger partial charge in [0.15, 0.2) is 0 Å². The number of amides is 2. The Kier molecular flexibility index (Phi) is 4.87. The zero-order chi connectivity index (χ0) is 13.8. The number of thioether (sulfide) groups is 1. The SMILES string of the molecule is CCNC(=O)CCN1C(=O)[C@H](C)S[C@H]1c1ccsc1. The van der Waals surface area contributed by atoms with Gasteiger partial charge in [0.1, 0.15) is 5.37 Å². The van der Waals surface area contributed by atoms with Crippen LogP contribution < -0.4 is 5.32 Å². The van der Waals surface area contributed by atoms with Gasteiger partial charge in [-0.05, 0) is 36.2 Å². The molecule has 0 bridgehead atoms. The molecule has 2 heterocycles. The Hall–Kier alpha value is -1.01. The van der Waals surface area contributed by atoms with E-state index in [0.29, 0.717) is 19.5 Å². The molecule has 104 valence electrons. The Labute approximate surface area is 121 Å². The highest BCUT2D eigenvalue weighted by atomic mass is 32.2. The number of carbonyl (C=O) groups is 2. The fourth-order valence-corrected chi connectivity index (χ4v) is 4.15. The zero-order valence-corrected chi connectivity index (χ0v) is 12.7. The smallest absolute Gasteiger partial charge is 0.236 e. The van der Waals surface area contributed by atoms with E-state index < -0.39 is 0 Å². The van der Waals surface area contributed by atoms with Crippen molar-refractivity contribution in [1.29, 1.82) is 0 Å². The molecule has 1 saturated heterocycles. The van der Waals surface area contributed by atoms with Gasteiger partial charge in [0.05, 0.1) is 5.25 Å². The summed E-state index contributed by atoms with van der Waals surface area (Å²) in [6, 6.07) is 2.05. The van der Waals surface area contributed by atoms with Crippen molar-refractivity contribution in [3.63, 3.8) is 0 Å². The molecule has 0 radical (unpaired) electrons. The fraction of sp³-hybridized carbons (Fsp3) is 0.538. The van der Waals surface area contributed by atoms with Crippen LogP contribution in [0.15, 0.2) is 16.8 Å². The molecule has 0 spiro atoms. The average molecular weight is 298 g/mol. The maximum absolute atomic E-state index is 12.2. The summed E-state index contributed by atoms with van der Waals surface area (Å²) in [6.07, 6.45) is 0.369. The number of nitrogens with one attached hydrogen (secondary N) is 1. The predicted molar refractivity (Wildman–Crippen MR) is 79.1 cm³/mol. The second-order valence-corrected chi connectivity index (χ2v) is 6.63. The minimum Gasteiger partial charge on any atom is -0.356 e. The minimum atomic E-state index is -0.0286. The number of hydrogen-bond acceptors (Lipinski definition) is 4. The standard InChI is InChI=1S/C13H18N2O2S2/c1-3-14-11(16)4-6-15-12(17)9(2)19-13(15)10-5-7-18-8-10/h5,7-9,13H,3-4,6H2,1-2H3,(H,14,16)/t9-,13-/m0/s1. The zero-order valence-electron chi connectivity index (χ0n) is 11.1. The van der Waals surface area contributed by atoms with Gasteiger partial charge in [0.25, 0.3) is 0 Å². The molecule has 1 aliphatic heterocycles. The highest BCUT2D eigenvalue weighted by Gasteiger charge is 2.38. The average Bonchev–Trinajstić information content (AvgIpc) is 2.98. The molecule has 4 nitrogen and oxygen atoms in total. The van der Waals surface area contributed by atoms with Crippen molar-refractivity contribution in [2.24, 2.45) is 0 Å². The third kappa shape index (κ3) is 3.30. The number of hydrogen-bond donors (Lipinski definition) is 1. The lowest BCUT2D eigenvalue weighted by atomic mass is 10.2. The van der Waals surface area contributed by atoms with Gasteiger partial charge in [-0.15, -0.1) is 11.8 Å². The predicted octanol–water partition coefficient (Wildman–Crippen LogP) is 2.24. The van der Waals surface area contributed by atoms with Crippen LogP contribution in [0.25, 0.3) is 0 Å². The molecule has 1 fully saturated rings. The van der Waals surface area contributed by atoms with Crippen molar-refractivity contribution in [3.8, 4) is 0 Å². The van der Waals surface area contributed by atoms with Crippen LogP contribution in [-0.2, 0) is 9.59 Å². The van der Waals surface area contributed by atoms with E-state index >= 15 is 0 Å². The van der Waals surface area contributed by atoms with Crippen LogP contribution in [0.2, 0.25) is 0 Å². The van der Waals surface area contributed by atoms with Gasteiger partial charge in [0, 0.05) is 19.5 Å². The van der Waals surface area contributed by atoms with Crippen LogP contribution in [-0.4, -0.2) is 35.1 Å². The summed E-state index contributed by atoms with van der Waals surface area (Å²) < 4.78 is 0. The number of thiophene rings is 1. The lowest BCUT2D eigenvalue weighted by Gasteiger charge is -2.23. The second kappa shape index (κ2) is 6.43. The molecule has 0 aromatic carbocycles. The fourth-order valence-electron chi connectivity index (χ4n) is 2.08. The summed E-state index contributed by atoms with van der Waals surface area (Å²) >= 11 is 3.29. The van der Waals surface area contributed by atoms with Gasteiger partial charge in [-0.25, -0.2) is 0 Å². The first-order chi connectivity index (χ1) is 9.13. The lowest BCUT2D eigenvalue weighted by Crippen LogP contribution is -2.34. The van der Waals surface area contributed by atoms with E-state index in [2.05, 4.69) is 10.7 Å². The van der Waals surface area contributed by atoms with E-state index in [0.717, 1.165) is 5.56 Å². The van der Waals surface area contributed by atoms with Crippen molar-refractivity contribution in [2.75, 3.05) is 13.1 Å². The van der Waals surface area contributed by atoms with Crippen molar-refractivity contribution in [1.82, 2.24) is 10.2 Å². The van der Waals surface area contributed by atoms with E-state index in [1.54, 1.807) is 23.1 Å².